The summed E-state index contributed by atoms with van der Waals surface area (Å²) in [6, 6.07) is 16.8. The van der Waals surface area contributed by atoms with Crippen LogP contribution in [0.4, 0.5) is 5.69 Å². The van der Waals surface area contributed by atoms with E-state index in [4.69, 9.17) is 4.99 Å². The fraction of sp³-hybridized carbons (Fsp3) is 0.409. The minimum Gasteiger partial charge on any atom is -0.391 e. The Morgan fingerprint density at radius 3 is 2.64 bits per heavy atom. The van der Waals surface area contributed by atoms with Crippen LogP contribution < -0.4 is 5.32 Å². The molecule has 0 amide bonds. The van der Waals surface area contributed by atoms with Crippen LogP contribution in [0.3, 0.4) is 0 Å². The van der Waals surface area contributed by atoms with E-state index in [1.54, 1.807) is 0 Å². The van der Waals surface area contributed by atoms with Crippen molar-refractivity contribution in [3.05, 3.63) is 65.2 Å². The fourth-order valence-electron chi connectivity index (χ4n) is 3.41. The molecule has 1 fully saturated rings. The lowest BCUT2D eigenvalue weighted by molar-refractivity contribution is 0.113. The van der Waals surface area contributed by atoms with Crippen molar-refractivity contribution in [2.24, 2.45) is 4.99 Å². The smallest absolute Gasteiger partial charge is 0.0734 e. The molecule has 3 rings (SSSR count). The first-order valence-electron chi connectivity index (χ1n) is 9.25. The Balaban J connectivity index is 1.78. The number of para-hydroxylation sites is 1. The largest absolute Gasteiger partial charge is 0.391 e. The Kier molecular flexibility index (Phi) is 6.00. The van der Waals surface area contributed by atoms with Gasteiger partial charge in [0, 0.05) is 18.2 Å². The van der Waals surface area contributed by atoms with E-state index in [9.17, 15) is 5.11 Å². The van der Waals surface area contributed by atoms with Crippen molar-refractivity contribution in [2.75, 3.05) is 6.54 Å². The molecule has 0 spiro atoms. The van der Waals surface area contributed by atoms with Crippen LogP contribution in [0, 0.1) is 6.92 Å². The molecule has 1 aliphatic heterocycles. The Morgan fingerprint density at radius 2 is 1.92 bits per heavy atom. The number of hydrogen-bond acceptors (Lipinski definition) is 3. The zero-order valence-electron chi connectivity index (χ0n) is 15.2. The number of hydrogen-bond donors (Lipinski definition) is 2. The summed E-state index contributed by atoms with van der Waals surface area (Å²) in [5.74, 6) is 0. The van der Waals surface area contributed by atoms with E-state index in [-0.39, 0.29) is 12.1 Å². The lowest BCUT2D eigenvalue weighted by Gasteiger charge is -2.28. The summed E-state index contributed by atoms with van der Waals surface area (Å²) in [5, 5.41) is 14.1. The van der Waals surface area contributed by atoms with Crippen LogP contribution in [0.2, 0.25) is 0 Å². The SMILES string of the molecule is CC(=Nc1ccccc1C[C@H](O)[C@@H]1CCCCN1)c1ccc(C)cc1. The molecule has 0 aromatic heterocycles. The van der Waals surface area contributed by atoms with Crippen LogP contribution >= 0.6 is 0 Å². The Labute approximate surface area is 150 Å². The monoisotopic (exact) mass is 336 g/mol. The molecule has 2 aromatic carbocycles. The van der Waals surface area contributed by atoms with Crippen LogP contribution in [0.1, 0.15) is 42.9 Å². The van der Waals surface area contributed by atoms with Gasteiger partial charge in [-0.05, 0) is 50.4 Å². The van der Waals surface area contributed by atoms with Crippen molar-refractivity contribution in [1.82, 2.24) is 5.32 Å². The third-order valence-electron chi connectivity index (χ3n) is 4.99. The maximum absolute atomic E-state index is 10.6. The van der Waals surface area contributed by atoms with Gasteiger partial charge in [-0.3, -0.25) is 4.99 Å². The van der Waals surface area contributed by atoms with Crippen molar-refractivity contribution in [2.45, 2.75) is 51.7 Å². The molecule has 1 saturated heterocycles. The highest BCUT2D eigenvalue weighted by atomic mass is 16.3. The molecule has 2 N–H and O–H groups in total. The predicted molar refractivity (Wildman–Crippen MR) is 105 cm³/mol. The van der Waals surface area contributed by atoms with Gasteiger partial charge >= 0.3 is 0 Å². The summed E-state index contributed by atoms with van der Waals surface area (Å²) >= 11 is 0. The number of benzene rings is 2. The van der Waals surface area contributed by atoms with Crippen molar-refractivity contribution >= 4 is 11.4 Å². The first-order valence-corrected chi connectivity index (χ1v) is 9.25. The molecule has 0 bridgehead atoms. The Bertz CT molecular complexity index is 715. The Morgan fingerprint density at radius 1 is 1.16 bits per heavy atom. The molecule has 3 heteroatoms. The lowest BCUT2D eigenvalue weighted by Crippen LogP contribution is -2.44. The highest BCUT2D eigenvalue weighted by Gasteiger charge is 2.22. The second-order valence-electron chi connectivity index (χ2n) is 7.02. The van der Waals surface area contributed by atoms with Crippen molar-refractivity contribution in [1.29, 1.82) is 0 Å². The molecule has 0 radical (unpaired) electrons. The average molecular weight is 336 g/mol. The molecule has 0 aliphatic carbocycles. The number of nitrogens with one attached hydrogen (secondary N) is 1. The second-order valence-corrected chi connectivity index (χ2v) is 7.02. The van der Waals surface area contributed by atoms with Gasteiger partial charge in [-0.1, -0.05) is 54.4 Å². The van der Waals surface area contributed by atoms with E-state index in [0.717, 1.165) is 35.5 Å². The molecular formula is C22H28N2O. The van der Waals surface area contributed by atoms with Gasteiger partial charge in [0.2, 0.25) is 0 Å². The zero-order valence-corrected chi connectivity index (χ0v) is 15.2. The van der Waals surface area contributed by atoms with E-state index >= 15 is 0 Å². The van der Waals surface area contributed by atoms with E-state index in [0.29, 0.717) is 6.42 Å². The molecule has 1 heterocycles. The normalized spacial score (nSPS) is 19.6. The first kappa shape index (κ1) is 17.8. The molecule has 25 heavy (non-hydrogen) atoms. The maximum Gasteiger partial charge on any atom is 0.0734 e. The molecule has 0 unspecified atom stereocenters. The summed E-state index contributed by atoms with van der Waals surface area (Å²) in [6.07, 6.45) is 3.73. The number of aryl methyl sites for hydroxylation is 1. The molecule has 2 atom stereocenters. The number of piperidine rings is 1. The predicted octanol–water partition coefficient (Wildman–Crippen LogP) is 4.18. The third kappa shape index (κ3) is 4.77. The second kappa shape index (κ2) is 8.41. The van der Waals surface area contributed by atoms with Crippen molar-refractivity contribution < 1.29 is 5.11 Å². The van der Waals surface area contributed by atoms with Gasteiger partial charge in [-0.15, -0.1) is 0 Å². The average Bonchev–Trinajstić information content (AvgIpc) is 2.64. The van der Waals surface area contributed by atoms with Gasteiger partial charge in [-0.25, -0.2) is 0 Å². The number of rotatable bonds is 5. The molecule has 132 valence electrons. The third-order valence-corrected chi connectivity index (χ3v) is 4.99. The van der Waals surface area contributed by atoms with E-state index in [2.05, 4.69) is 42.6 Å². The van der Waals surface area contributed by atoms with Gasteiger partial charge < -0.3 is 10.4 Å². The molecule has 1 aliphatic rings. The van der Waals surface area contributed by atoms with Gasteiger partial charge in [0.15, 0.2) is 0 Å². The minimum atomic E-state index is -0.365. The maximum atomic E-state index is 10.6. The number of aliphatic hydroxyl groups is 1. The van der Waals surface area contributed by atoms with E-state index in [1.165, 1.54) is 18.4 Å². The van der Waals surface area contributed by atoms with Gasteiger partial charge in [0.05, 0.1) is 11.8 Å². The van der Waals surface area contributed by atoms with Crippen LogP contribution in [-0.2, 0) is 6.42 Å². The van der Waals surface area contributed by atoms with Crippen LogP contribution in [-0.4, -0.2) is 29.5 Å². The topological polar surface area (TPSA) is 44.6 Å². The summed E-state index contributed by atoms with van der Waals surface area (Å²) in [7, 11) is 0. The van der Waals surface area contributed by atoms with Gasteiger partial charge in [0.1, 0.15) is 0 Å². The minimum absolute atomic E-state index is 0.198. The highest BCUT2D eigenvalue weighted by molar-refractivity contribution is 6.00. The summed E-state index contributed by atoms with van der Waals surface area (Å²) in [6.45, 7) is 5.14. The number of aliphatic hydroxyl groups excluding tert-OH is 1. The summed E-state index contributed by atoms with van der Waals surface area (Å²) < 4.78 is 0. The van der Waals surface area contributed by atoms with Crippen LogP contribution in [0.25, 0.3) is 0 Å². The fourth-order valence-corrected chi connectivity index (χ4v) is 3.41. The summed E-state index contributed by atoms with van der Waals surface area (Å²) in [5.41, 5.74) is 5.44. The van der Waals surface area contributed by atoms with Crippen molar-refractivity contribution in [3.63, 3.8) is 0 Å². The van der Waals surface area contributed by atoms with Gasteiger partial charge in [0.25, 0.3) is 0 Å². The van der Waals surface area contributed by atoms with Crippen molar-refractivity contribution in [3.8, 4) is 0 Å². The number of nitrogens with zero attached hydrogens (tertiary/aromatic N) is 1. The van der Waals surface area contributed by atoms with E-state index in [1.807, 2.05) is 25.1 Å². The van der Waals surface area contributed by atoms with Crippen LogP contribution in [0.15, 0.2) is 53.5 Å². The lowest BCUT2D eigenvalue weighted by atomic mass is 9.94. The Hall–Kier alpha value is -1.97. The quantitative estimate of drug-likeness (QED) is 0.805. The highest BCUT2D eigenvalue weighted by Crippen LogP contribution is 2.23. The zero-order chi connectivity index (χ0) is 17.6. The molecule has 2 aromatic rings. The summed E-state index contributed by atoms with van der Waals surface area (Å²) in [4.78, 5) is 4.84. The molecule has 0 saturated carbocycles. The van der Waals surface area contributed by atoms with E-state index < -0.39 is 0 Å². The molecular weight excluding hydrogens is 308 g/mol. The molecule has 3 nitrogen and oxygen atoms in total. The number of aliphatic imine (C=N–C) groups is 1. The first-order chi connectivity index (χ1) is 12.1. The van der Waals surface area contributed by atoms with Crippen LogP contribution in [0.5, 0.6) is 0 Å². The standard InChI is InChI=1S/C22H28N2O/c1-16-10-12-18(13-11-16)17(2)24-20-8-4-3-7-19(20)15-22(25)21-9-5-6-14-23-21/h3-4,7-8,10-13,21-23,25H,5-6,9,14-15H2,1-2H3/t21-,22-/m0/s1. The van der Waals surface area contributed by atoms with Gasteiger partial charge in [-0.2, -0.15) is 0 Å².